The fourth-order valence-electron chi connectivity index (χ4n) is 5.83. The number of carbonyl (C=O) groups excluding carboxylic acids is 3. The van der Waals surface area contributed by atoms with Crippen LogP contribution in [0.2, 0.25) is 0 Å². The highest BCUT2D eigenvalue weighted by molar-refractivity contribution is 6.20. The van der Waals surface area contributed by atoms with Crippen LogP contribution < -0.4 is 15.8 Å². The van der Waals surface area contributed by atoms with E-state index in [1.54, 1.807) is 18.3 Å². The van der Waals surface area contributed by atoms with Crippen LogP contribution >= 0.6 is 0 Å². The zero-order chi connectivity index (χ0) is 24.3. The Labute approximate surface area is 201 Å². The van der Waals surface area contributed by atoms with Crippen molar-refractivity contribution in [2.24, 2.45) is 5.41 Å². The van der Waals surface area contributed by atoms with Crippen LogP contribution in [0.5, 0.6) is 0 Å². The monoisotopic (exact) mass is 471 g/mol. The molecular weight excluding hydrogens is 446 g/mol. The van der Waals surface area contributed by atoms with Crippen molar-refractivity contribution in [2.45, 2.75) is 38.6 Å². The quantitative estimate of drug-likeness (QED) is 0.588. The molecule has 0 aliphatic carbocycles. The number of anilines is 1. The first kappa shape index (κ1) is 21.5. The van der Waals surface area contributed by atoms with Gasteiger partial charge in [-0.15, -0.1) is 0 Å². The summed E-state index contributed by atoms with van der Waals surface area (Å²) in [7, 11) is 0. The van der Waals surface area contributed by atoms with Gasteiger partial charge in [0.15, 0.2) is 5.41 Å². The number of pyridine rings is 1. The van der Waals surface area contributed by atoms with Crippen LogP contribution in [0.3, 0.4) is 0 Å². The molecule has 1 N–H and O–H groups in total. The molecule has 1 saturated heterocycles. The Kier molecular flexibility index (Phi) is 4.77. The van der Waals surface area contributed by atoms with E-state index in [-0.39, 0.29) is 18.5 Å². The summed E-state index contributed by atoms with van der Waals surface area (Å²) in [4.78, 5) is 62.1. The molecule has 4 amide bonds. The Hall–Kier alpha value is -4.01. The second kappa shape index (κ2) is 7.76. The van der Waals surface area contributed by atoms with Crippen molar-refractivity contribution in [1.82, 2.24) is 19.6 Å². The molecule has 0 saturated carbocycles. The number of fused-ring (bicyclic) bond motifs is 7. The summed E-state index contributed by atoms with van der Waals surface area (Å²) in [5, 5.41) is 2.45. The van der Waals surface area contributed by atoms with Gasteiger partial charge in [0.25, 0.3) is 5.56 Å². The Morgan fingerprint density at radius 1 is 1.09 bits per heavy atom. The summed E-state index contributed by atoms with van der Waals surface area (Å²) in [6.07, 6.45) is 3.61. The van der Waals surface area contributed by atoms with Crippen molar-refractivity contribution in [2.75, 3.05) is 18.0 Å². The Morgan fingerprint density at radius 3 is 2.71 bits per heavy atom. The molecule has 0 radical (unpaired) electrons. The van der Waals surface area contributed by atoms with E-state index in [1.165, 1.54) is 4.40 Å². The Balaban J connectivity index is 1.63. The summed E-state index contributed by atoms with van der Waals surface area (Å²) >= 11 is 0. The van der Waals surface area contributed by atoms with Gasteiger partial charge in [-0.25, -0.2) is 9.78 Å². The predicted octanol–water partition coefficient (Wildman–Crippen LogP) is 2.22. The molecule has 0 unspecified atom stereocenters. The minimum atomic E-state index is -1.66. The van der Waals surface area contributed by atoms with Crippen LogP contribution in [0, 0.1) is 5.41 Å². The Bertz CT molecular complexity index is 1460. The van der Waals surface area contributed by atoms with Crippen molar-refractivity contribution in [3.05, 3.63) is 75.7 Å². The Morgan fingerprint density at radius 2 is 1.89 bits per heavy atom. The first-order valence-corrected chi connectivity index (χ1v) is 12.0. The number of benzene rings is 1. The second-order valence-corrected chi connectivity index (χ2v) is 9.41. The highest BCUT2D eigenvalue weighted by Gasteiger charge is 2.64. The lowest BCUT2D eigenvalue weighted by molar-refractivity contribution is -0.154. The topological polar surface area (TPSA) is 104 Å². The lowest BCUT2D eigenvalue weighted by atomic mass is 9.65. The average molecular weight is 472 g/mol. The standard InChI is InChI=1S/C26H25N5O4/c1-2-3-12-31-24(34)26(23(33)28-25(31)35)15-18-21(27-19-10-6-7-13-29(19)22(18)32)30-14-11-16-8-4-5-9-17(16)20(26)30/h4-10,13,20H,2-3,11-12,14-15H2,1H3,(H,28,33,35)/t20-,26-/m0/s1. The smallest absolute Gasteiger partial charge is 0.330 e. The van der Waals surface area contributed by atoms with Crippen LogP contribution in [0.15, 0.2) is 53.5 Å². The van der Waals surface area contributed by atoms with Crippen molar-refractivity contribution < 1.29 is 14.4 Å². The number of imide groups is 2. The summed E-state index contributed by atoms with van der Waals surface area (Å²) in [6, 6.07) is 11.7. The van der Waals surface area contributed by atoms with Crippen molar-refractivity contribution >= 4 is 29.3 Å². The normalized spacial score (nSPS) is 23.2. The molecule has 2 aromatic heterocycles. The molecule has 2 atom stereocenters. The van der Waals surface area contributed by atoms with Gasteiger partial charge in [0, 0.05) is 25.7 Å². The number of unbranched alkanes of at least 4 members (excludes halogenated alkanes) is 1. The zero-order valence-corrected chi connectivity index (χ0v) is 19.4. The maximum atomic E-state index is 14.2. The number of amides is 4. The minimum absolute atomic E-state index is 0.123. The molecule has 1 spiro atoms. The molecule has 9 heteroatoms. The molecule has 0 bridgehead atoms. The van der Waals surface area contributed by atoms with Gasteiger partial charge in [-0.1, -0.05) is 43.7 Å². The van der Waals surface area contributed by atoms with Gasteiger partial charge in [0.05, 0.1) is 11.6 Å². The SMILES string of the molecule is CCCCN1C(=O)NC(=O)[C@@]2(Cc3c(nc4ccccn4c3=O)N3CCc4ccccc4[C@H]32)C1=O. The van der Waals surface area contributed by atoms with Gasteiger partial charge in [-0.3, -0.25) is 29.0 Å². The number of hydrogen-bond donors (Lipinski definition) is 1. The summed E-state index contributed by atoms with van der Waals surface area (Å²) in [6.45, 7) is 2.68. The number of nitrogens with one attached hydrogen (secondary N) is 1. The molecule has 35 heavy (non-hydrogen) atoms. The van der Waals surface area contributed by atoms with Crippen LogP contribution in [-0.2, 0) is 22.4 Å². The van der Waals surface area contributed by atoms with Crippen LogP contribution in [0.1, 0.15) is 42.5 Å². The fraction of sp³-hybridized carbons (Fsp3) is 0.346. The first-order valence-electron chi connectivity index (χ1n) is 12.0. The van der Waals surface area contributed by atoms with E-state index in [9.17, 15) is 19.2 Å². The molecule has 3 aliphatic rings. The molecule has 9 nitrogen and oxygen atoms in total. The molecule has 1 aromatic carbocycles. The lowest BCUT2D eigenvalue weighted by Crippen LogP contribution is -2.70. The number of carbonyl (C=O) groups is 3. The minimum Gasteiger partial charge on any atom is -0.347 e. The van der Waals surface area contributed by atoms with Gasteiger partial charge in [-0.2, -0.15) is 0 Å². The third-order valence-electron chi connectivity index (χ3n) is 7.52. The molecule has 5 heterocycles. The number of hydrogen-bond acceptors (Lipinski definition) is 6. The maximum Gasteiger partial charge on any atom is 0.330 e. The average Bonchev–Trinajstić information content (AvgIpc) is 2.87. The van der Waals surface area contributed by atoms with Gasteiger partial charge in [0.2, 0.25) is 11.8 Å². The van der Waals surface area contributed by atoms with Gasteiger partial charge >= 0.3 is 6.03 Å². The first-order chi connectivity index (χ1) is 17.0. The number of rotatable bonds is 3. The van der Waals surface area contributed by atoms with Crippen LogP contribution in [0.4, 0.5) is 10.6 Å². The number of barbiturate groups is 1. The van der Waals surface area contributed by atoms with Crippen molar-refractivity contribution in [1.29, 1.82) is 0 Å². The molecule has 3 aliphatic heterocycles. The number of nitrogens with zero attached hydrogens (tertiary/aromatic N) is 4. The molecule has 178 valence electrons. The summed E-state index contributed by atoms with van der Waals surface area (Å²) in [5.74, 6) is -0.700. The van der Waals surface area contributed by atoms with E-state index in [1.807, 2.05) is 42.2 Å². The van der Waals surface area contributed by atoms with Crippen LogP contribution in [-0.4, -0.2) is 45.2 Å². The van der Waals surface area contributed by atoms with Gasteiger partial charge in [0.1, 0.15) is 11.5 Å². The third kappa shape index (κ3) is 2.90. The van der Waals surface area contributed by atoms with E-state index < -0.39 is 29.3 Å². The predicted molar refractivity (Wildman–Crippen MR) is 128 cm³/mol. The second-order valence-electron chi connectivity index (χ2n) is 9.41. The maximum absolute atomic E-state index is 14.2. The van der Waals surface area contributed by atoms with E-state index in [0.29, 0.717) is 36.4 Å². The largest absolute Gasteiger partial charge is 0.347 e. The van der Waals surface area contributed by atoms with Crippen LogP contribution in [0.25, 0.3) is 5.65 Å². The third-order valence-corrected chi connectivity index (χ3v) is 7.52. The molecule has 3 aromatic rings. The van der Waals surface area contributed by atoms with E-state index in [2.05, 4.69) is 5.32 Å². The molecule has 1 fully saturated rings. The van der Waals surface area contributed by atoms with Gasteiger partial charge < -0.3 is 4.90 Å². The number of aromatic nitrogens is 2. The van der Waals surface area contributed by atoms with E-state index in [4.69, 9.17) is 4.98 Å². The lowest BCUT2D eigenvalue weighted by Gasteiger charge is -2.53. The zero-order valence-electron chi connectivity index (χ0n) is 19.4. The van der Waals surface area contributed by atoms with Crippen molar-refractivity contribution in [3.8, 4) is 0 Å². The van der Waals surface area contributed by atoms with Crippen molar-refractivity contribution in [3.63, 3.8) is 0 Å². The number of urea groups is 1. The fourth-order valence-corrected chi connectivity index (χ4v) is 5.83. The highest BCUT2D eigenvalue weighted by Crippen LogP contribution is 2.52. The summed E-state index contributed by atoms with van der Waals surface area (Å²) < 4.78 is 1.44. The highest BCUT2D eigenvalue weighted by atomic mass is 16.2. The van der Waals surface area contributed by atoms with Gasteiger partial charge in [-0.05, 0) is 36.1 Å². The van der Waals surface area contributed by atoms with E-state index in [0.717, 1.165) is 22.4 Å². The molecular formula is C26H25N5O4. The summed E-state index contributed by atoms with van der Waals surface area (Å²) in [5.41, 5.74) is 0.760. The van der Waals surface area contributed by atoms with E-state index >= 15 is 0 Å². The molecule has 6 rings (SSSR count).